The number of aromatic nitrogens is 2. The van der Waals surface area contributed by atoms with Gasteiger partial charge in [-0.05, 0) is 12.1 Å². The van der Waals surface area contributed by atoms with Crippen molar-refractivity contribution in [2.45, 2.75) is 0 Å². The molecule has 1 amide bonds. The van der Waals surface area contributed by atoms with E-state index in [0.717, 1.165) is 0 Å². The molecule has 0 saturated heterocycles. The molecule has 82 valence electrons. The van der Waals surface area contributed by atoms with E-state index in [1.165, 1.54) is 30.6 Å². The standard InChI is InChI=1S/C10H9N3O3/c14-8-3-1-2-7(9(8)15)10(16)13-6-4-11-12-5-6/h1-5,14-15H,(H,11,12)(H,13,16). The van der Waals surface area contributed by atoms with E-state index in [2.05, 4.69) is 15.5 Å². The van der Waals surface area contributed by atoms with Gasteiger partial charge in [0.05, 0.1) is 17.4 Å². The maximum Gasteiger partial charge on any atom is 0.259 e. The van der Waals surface area contributed by atoms with Gasteiger partial charge >= 0.3 is 0 Å². The number of anilines is 1. The summed E-state index contributed by atoms with van der Waals surface area (Å²) in [4.78, 5) is 11.7. The number of rotatable bonds is 2. The Morgan fingerprint density at radius 3 is 2.88 bits per heavy atom. The number of nitrogens with zero attached hydrogens (tertiary/aromatic N) is 1. The predicted molar refractivity (Wildman–Crippen MR) is 56.3 cm³/mol. The summed E-state index contributed by atoms with van der Waals surface area (Å²) in [7, 11) is 0. The number of para-hydroxylation sites is 1. The monoisotopic (exact) mass is 219 g/mol. The van der Waals surface area contributed by atoms with E-state index in [9.17, 15) is 15.0 Å². The fraction of sp³-hybridized carbons (Fsp3) is 0. The summed E-state index contributed by atoms with van der Waals surface area (Å²) >= 11 is 0. The van der Waals surface area contributed by atoms with E-state index in [-0.39, 0.29) is 11.3 Å². The number of carbonyl (C=O) groups is 1. The summed E-state index contributed by atoms with van der Waals surface area (Å²) in [6.07, 6.45) is 2.93. The number of H-pyrrole nitrogens is 1. The lowest BCUT2D eigenvalue weighted by Gasteiger charge is -2.05. The van der Waals surface area contributed by atoms with Crippen molar-refractivity contribution in [3.63, 3.8) is 0 Å². The van der Waals surface area contributed by atoms with E-state index in [1.807, 2.05) is 0 Å². The smallest absolute Gasteiger partial charge is 0.259 e. The maximum atomic E-state index is 11.7. The Morgan fingerprint density at radius 2 is 2.19 bits per heavy atom. The number of aromatic amines is 1. The number of phenols is 2. The first-order valence-electron chi connectivity index (χ1n) is 4.49. The summed E-state index contributed by atoms with van der Waals surface area (Å²) in [6.45, 7) is 0. The lowest BCUT2D eigenvalue weighted by atomic mass is 10.1. The minimum Gasteiger partial charge on any atom is -0.504 e. The zero-order chi connectivity index (χ0) is 11.5. The van der Waals surface area contributed by atoms with Gasteiger partial charge in [0.25, 0.3) is 5.91 Å². The van der Waals surface area contributed by atoms with Crippen molar-refractivity contribution in [3.8, 4) is 11.5 Å². The van der Waals surface area contributed by atoms with Gasteiger partial charge in [-0.15, -0.1) is 0 Å². The molecular weight excluding hydrogens is 210 g/mol. The van der Waals surface area contributed by atoms with Crippen molar-refractivity contribution >= 4 is 11.6 Å². The maximum absolute atomic E-state index is 11.7. The molecule has 0 unspecified atom stereocenters. The molecule has 0 saturated carbocycles. The van der Waals surface area contributed by atoms with Crippen LogP contribution in [0.3, 0.4) is 0 Å². The van der Waals surface area contributed by atoms with E-state index < -0.39 is 11.7 Å². The molecule has 2 aromatic rings. The summed E-state index contributed by atoms with van der Waals surface area (Å²) < 4.78 is 0. The molecule has 0 atom stereocenters. The van der Waals surface area contributed by atoms with Crippen molar-refractivity contribution < 1.29 is 15.0 Å². The summed E-state index contributed by atoms with van der Waals surface area (Å²) in [5.41, 5.74) is 0.481. The Bertz CT molecular complexity index is 508. The quantitative estimate of drug-likeness (QED) is 0.568. The first kappa shape index (κ1) is 10.0. The molecule has 0 fully saturated rings. The van der Waals surface area contributed by atoms with Crippen LogP contribution in [0, 0.1) is 0 Å². The fourth-order valence-electron chi connectivity index (χ4n) is 1.23. The second kappa shape index (κ2) is 3.93. The van der Waals surface area contributed by atoms with Gasteiger partial charge in [0.2, 0.25) is 0 Å². The van der Waals surface area contributed by atoms with Crippen molar-refractivity contribution in [2.24, 2.45) is 0 Å². The molecule has 4 N–H and O–H groups in total. The summed E-state index contributed by atoms with van der Waals surface area (Å²) in [5.74, 6) is -1.29. The predicted octanol–water partition coefficient (Wildman–Crippen LogP) is 1.07. The molecule has 6 heteroatoms. The zero-order valence-electron chi connectivity index (χ0n) is 8.14. The lowest BCUT2D eigenvalue weighted by Crippen LogP contribution is -2.11. The SMILES string of the molecule is O=C(Nc1cn[nH]c1)c1cccc(O)c1O. The highest BCUT2D eigenvalue weighted by molar-refractivity contribution is 6.06. The molecule has 16 heavy (non-hydrogen) atoms. The molecule has 0 aliphatic carbocycles. The van der Waals surface area contributed by atoms with E-state index in [0.29, 0.717) is 5.69 Å². The largest absolute Gasteiger partial charge is 0.504 e. The van der Waals surface area contributed by atoms with Gasteiger partial charge in [-0.1, -0.05) is 6.07 Å². The fourth-order valence-corrected chi connectivity index (χ4v) is 1.23. The van der Waals surface area contributed by atoms with Gasteiger partial charge < -0.3 is 15.5 Å². The van der Waals surface area contributed by atoms with Gasteiger partial charge in [-0.3, -0.25) is 9.89 Å². The van der Waals surface area contributed by atoms with Crippen LogP contribution in [0.15, 0.2) is 30.6 Å². The van der Waals surface area contributed by atoms with Gasteiger partial charge in [-0.25, -0.2) is 0 Å². The second-order valence-corrected chi connectivity index (χ2v) is 3.11. The molecule has 2 rings (SSSR count). The van der Waals surface area contributed by atoms with E-state index in [1.54, 1.807) is 0 Å². The molecule has 1 aromatic carbocycles. The van der Waals surface area contributed by atoms with Crippen LogP contribution < -0.4 is 5.32 Å². The van der Waals surface area contributed by atoms with Gasteiger partial charge in [0.1, 0.15) is 0 Å². The van der Waals surface area contributed by atoms with Crippen LogP contribution in [0.5, 0.6) is 11.5 Å². The zero-order valence-corrected chi connectivity index (χ0v) is 8.14. The Morgan fingerprint density at radius 1 is 1.38 bits per heavy atom. The van der Waals surface area contributed by atoms with Crippen molar-refractivity contribution in [3.05, 3.63) is 36.2 Å². The minimum absolute atomic E-state index is 0.00111. The van der Waals surface area contributed by atoms with Crippen LogP contribution in [0.2, 0.25) is 0 Å². The molecule has 6 nitrogen and oxygen atoms in total. The normalized spacial score (nSPS) is 10.0. The minimum atomic E-state index is -0.519. The third kappa shape index (κ3) is 1.81. The van der Waals surface area contributed by atoms with Crippen LogP contribution in [-0.2, 0) is 0 Å². The highest BCUT2D eigenvalue weighted by Gasteiger charge is 2.13. The van der Waals surface area contributed by atoms with Crippen LogP contribution in [0.1, 0.15) is 10.4 Å². The molecule has 0 radical (unpaired) electrons. The van der Waals surface area contributed by atoms with Crippen LogP contribution in [-0.4, -0.2) is 26.3 Å². The second-order valence-electron chi connectivity index (χ2n) is 3.11. The average Bonchev–Trinajstić information content (AvgIpc) is 2.74. The molecule has 0 spiro atoms. The number of aromatic hydroxyl groups is 2. The molecule has 0 aliphatic heterocycles. The third-order valence-electron chi connectivity index (χ3n) is 2.02. The number of hydrogen-bond acceptors (Lipinski definition) is 4. The van der Waals surface area contributed by atoms with E-state index in [4.69, 9.17) is 0 Å². The molecule has 0 bridgehead atoms. The Labute approximate surface area is 90.6 Å². The van der Waals surface area contributed by atoms with E-state index >= 15 is 0 Å². The first-order chi connectivity index (χ1) is 7.68. The van der Waals surface area contributed by atoms with Gasteiger partial charge in [0.15, 0.2) is 11.5 Å². The Hall–Kier alpha value is -2.50. The number of amides is 1. The van der Waals surface area contributed by atoms with Crippen LogP contribution >= 0.6 is 0 Å². The van der Waals surface area contributed by atoms with Crippen molar-refractivity contribution in [2.75, 3.05) is 5.32 Å². The topological polar surface area (TPSA) is 98.2 Å². The van der Waals surface area contributed by atoms with Crippen molar-refractivity contribution in [1.82, 2.24) is 10.2 Å². The summed E-state index contributed by atoms with van der Waals surface area (Å²) in [5, 5.41) is 27.4. The Kier molecular flexibility index (Phi) is 2.47. The van der Waals surface area contributed by atoms with Crippen molar-refractivity contribution in [1.29, 1.82) is 0 Å². The molecule has 1 heterocycles. The number of phenolic OH excluding ortho intramolecular Hbond substituents is 2. The molecular formula is C10H9N3O3. The third-order valence-corrected chi connectivity index (χ3v) is 2.02. The van der Waals surface area contributed by atoms with Gasteiger partial charge in [0, 0.05) is 6.20 Å². The number of benzene rings is 1. The number of hydrogen-bond donors (Lipinski definition) is 4. The lowest BCUT2D eigenvalue weighted by molar-refractivity contribution is 0.102. The highest BCUT2D eigenvalue weighted by Crippen LogP contribution is 2.28. The van der Waals surface area contributed by atoms with Crippen LogP contribution in [0.25, 0.3) is 0 Å². The Balaban J connectivity index is 2.24. The number of carbonyl (C=O) groups excluding carboxylic acids is 1. The average molecular weight is 219 g/mol. The molecule has 1 aromatic heterocycles. The highest BCUT2D eigenvalue weighted by atomic mass is 16.3. The number of nitrogens with one attached hydrogen (secondary N) is 2. The van der Waals surface area contributed by atoms with Gasteiger partial charge in [-0.2, -0.15) is 5.10 Å². The summed E-state index contributed by atoms with van der Waals surface area (Å²) in [6, 6.07) is 4.17. The van der Waals surface area contributed by atoms with Crippen LogP contribution in [0.4, 0.5) is 5.69 Å². The molecule has 0 aliphatic rings. The first-order valence-corrected chi connectivity index (χ1v) is 4.49.